The van der Waals surface area contributed by atoms with E-state index in [9.17, 15) is 13.2 Å². The molecule has 3 N–H and O–H groups in total. The van der Waals surface area contributed by atoms with Gasteiger partial charge in [-0.15, -0.1) is 0 Å². The quantitative estimate of drug-likeness (QED) is 0.773. The zero-order valence-corrected chi connectivity index (χ0v) is 13.3. The smallest absolute Gasteiger partial charge is 0.244 e. The van der Waals surface area contributed by atoms with E-state index in [1.807, 2.05) is 13.8 Å². The Morgan fingerprint density at radius 3 is 2.67 bits per heavy atom. The minimum atomic E-state index is -3.52. The van der Waals surface area contributed by atoms with Crippen LogP contribution in [0.3, 0.4) is 0 Å². The van der Waals surface area contributed by atoms with Crippen molar-refractivity contribution in [2.24, 2.45) is 0 Å². The molecule has 1 fully saturated rings. The van der Waals surface area contributed by atoms with Crippen LogP contribution in [0.2, 0.25) is 0 Å². The summed E-state index contributed by atoms with van der Waals surface area (Å²) in [5, 5.41) is 6.02. The van der Waals surface area contributed by atoms with Crippen molar-refractivity contribution in [3.05, 3.63) is 23.8 Å². The molecule has 1 aromatic carbocycles. The third-order valence-electron chi connectivity index (χ3n) is 3.91. The van der Waals surface area contributed by atoms with Gasteiger partial charge >= 0.3 is 0 Å². The Labute approximate surface area is 125 Å². The molecule has 1 aromatic rings. The summed E-state index contributed by atoms with van der Waals surface area (Å²) in [5.74, 6) is -0.137. The number of nitrogens with one attached hydrogen (secondary N) is 3. The Kier molecular flexibility index (Phi) is 4.36. The first-order valence-corrected chi connectivity index (χ1v) is 8.37. The van der Waals surface area contributed by atoms with Crippen molar-refractivity contribution in [1.29, 1.82) is 0 Å². The molecule has 0 spiro atoms. The van der Waals surface area contributed by atoms with E-state index in [0.717, 1.165) is 24.9 Å². The van der Waals surface area contributed by atoms with E-state index >= 15 is 0 Å². The first kappa shape index (κ1) is 15.9. The summed E-state index contributed by atoms with van der Waals surface area (Å²) >= 11 is 0. The van der Waals surface area contributed by atoms with Crippen LogP contribution in [0.1, 0.15) is 25.3 Å². The number of hydrogen-bond donors (Lipinski definition) is 3. The molecular formula is C14H21N3O3S. The van der Waals surface area contributed by atoms with E-state index in [1.165, 1.54) is 19.2 Å². The number of anilines is 1. The highest BCUT2D eigenvalue weighted by molar-refractivity contribution is 7.89. The predicted octanol–water partition coefficient (Wildman–Crippen LogP) is 0.984. The molecule has 6 nitrogen and oxygen atoms in total. The lowest BCUT2D eigenvalue weighted by molar-refractivity contribution is -0.121. The van der Waals surface area contributed by atoms with Gasteiger partial charge in [0.05, 0.1) is 10.4 Å². The maximum Gasteiger partial charge on any atom is 0.244 e. The van der Waals surface area contributed by atoms with Gasteiger partial charge in [-0.1, -0.05) is 6.07 Å². The number of hydrogen-bond acceptors (Lipinski definition) is 4. The van der Waals surface area contributed by atoms with Crippen molar-refractivity contribution in [3.63, 3.8) is 0 Å². The third kappa shape index (κ3) is 3.25. The van der Waals surface area contributed by atoms with Crippen molar-refractivity contribution >= 4 is 21.6 Å². The molecule has 0 aromatic heterocycles. The largest absolute Gasteiger partial charge is 0.324 e. The van der Waals surface area contributed by atoms with Crippen LogP contribution < -0.4 is 15.4 Å². The third-order valence-corrected chi connectivity index (χ3v) is 5.32. The fraction of sp³-hybridized carbons (Fsp3) is 0.500. The monoisotopic (exact) mass is 311 g/mol. The minimum Gasteiger partial charge on any atom is -0.324 e. The van der Waals surface area contributed by atoms with E-state index in [1.54, 1.807) is 6.07 Å². The molecule has 0 aliphatic carbocycles. The van der Waals surface area contributed by atoms with Gasteiger partial charge in [-0.25, -0.2) is 13.1 Å². The van der Waals surface area contributed by atoms with Crippen molar-refractivity contribution in [2.45, 2.75) is 37.1 Å². The van der Waals surface area contributed by atoms with Crippen LogP contribution in [-0.2, 0) is 14.8 Å². The maximum absolute atomic E-state index is 12.4. The Bertz CT molecular complexity index is 649. The molecule has 1 saturated heterocycles. The van der Waals surface area contributed by atoms with Crippen LogP contribution in [0.25, 0.3) is 0 Å². The van der Waals surface area contributed by atoms with E-state index < -0.39 is 15.6 Å². The molecule has 7 heteroatoms. The molecule has 0 bridgehead atoms. The standard InChI is InChI=1S/C14H21N3O3S/c1-10-5-6-11(21(19,20)15-3)9-12(10)17-13(18)14(2)7-4-8-16-14/h5-6,9,15-16H,4,7-8H2,1-3H3,(H,17,18). The van der Waals surface area contributed by atoms with Gasteiger partial charge in [0.25, 0.3) is 0 Å². The molecule has 1 aliphatic heterocycles. The molecule has 1 unspecified atom stereocenters. The fourth-order valence-electron chi connectivity index (χ4n) is 2.37. The van der Waals surface area contributed by atoms with E-state index in [4.69, 9.17) is 0 Å². The van der Waals surface area contributed by atoms with E-state index in [2.05, 4.69) is 15.4 Å². The lowest BCUT2D eigenvalue weighted by atomic mass is 9.99. The lowest BCUT2D eigenvalue weighted by Crippen LogP contribution is -2.48. The Morgan fingerprint density at radius 2 is 2.10 bits per heavy atom. The van der Waals surface area contributed by atoms with Crippen molar-refractivity contribution in [2.75, 3.05) is 18.9 Å². The van der Waals surface area contributed by atoms with Crippen LogP contribution in [0.4, 0.5) is 5.69 Å². The summed E-state index contributed by atoms with van der Waals surface area (Å²) in [4.78, 5) is 12.5. The Morgan fingerprint density at radius 1 is 1.38 bits per heavy atom. The Hall–Kier alpha value is -1.44. The molecule has 2 rings (SSSR count). The van der Waals surface area contributed by atoms with Gasteiger partial charge in [-0.05, 0) is 58.0 Å². The van der Waals surface area contributed by atoms with Gasteiger partial charge < -0.3 is 10.6 Å². The van der Waals surface area contributed by atoms with Crippen molar-refractivity contribution < 1.29 is 13.2 Å². The molecule has 116 valence electrons. The molecular weight excluding hydrogens is 290 g/mol. The second-order valence-electron chi connectivity index (χ2n) is 5.50. The second-order valence-corrected chi connectivity index (χ2v) is 7.39. The van der Waals surface area contributed by atoms with Crippen LogP contribution in [0, 0.1) is 6.92 Å². The molecule has 1 aliphatic rings. The van der Waals surface area contributed by atoms with E-state index in [-0.39, 0.29) is 10.8 Å². The Balaban J connectivity index is 2.28. The average molecular weight is 311 g/mol. The van der Waals surface area contributed by atoms with Gasteiger partial charge in [-0.3, -0.25) is 4.79 Å². The minimum absolute atomic E-state index is 0.135. The number of carbonyl (C=O) groups excluding carboxylic acids is 1. The van der Waals surface area contributed by atoms with Gasteiger partial charge in [-0.2, -0.15) is 0 Å². The average Bonchev–Trinajstić information content (AvgIpc) is 2.89. The molecule has 0 radical (unpaired) electrons. The van der Waals surface area contributed by atoms with Crippen LogP contribution in [0.5, 0.6) is 0 Å². The molecule has 1 atom stereocenters. The summed E-state index contributed by atoms with van der Waals surface area (Å²) in [6.45, 7) is 4.51. The second kappa shape index (κ2) is 5.75. The molecule has 0 saturated carbocycles. The molecule has 1 heterocycles. The summed E-state index contributed by atoms with van der Waals surface area (Å²) < 4.78 is 25.9. The topological polar surface area (TPSA) is 87.3 Å². The van der Waals surface area contributed by atoms with Gasteiger partial charge in [0, 0.05) is 5.69 Å². The van der Waals surface area contributed by atoms with Crippen LogP contribution >= 0.6 is 0 Å². The van der Waals surface area contributed by atoms with Crippen LogP contribution in [0.15, 0.2) is 23.1 Å². The predicted molar refractivity (Wildman–Crippen MR) is 81.7 cm³/mol. The summed E-state index contributed by atoms with van der Waals surface area (Å²) in [7, 11) is -2.17. The highest BCUT2D eigenvalue weighted by Crippen LogP contribution is 2.24. The number of sulfonamides is 1. The number of carbonyl (C=O) groups is 1. The molecule has 1 amide bonds. The van der Waals surface area contributed by atoms with Gasteiger partial charge in [0.1, 0.15) is 0 Å². The maximum atomic E-state index is 12.4. The van der Waals surface area contributed by atoms with Gasteiger partial charge in [0.15, 0.2) is 0 Å². The highest BCUT2D eigenvalue weighted by atomic mass is 32.2. The number of rotatable bonds is 4. The zero-order chi connectivity index (χ0) is 15.7. The first-order valence-electron chi connectivity index (χ1n) is 6.89. The highest BCUT2D eigenvalue weighted by Gasteiger charge is 2.36. The number of benzene rings is 1. The zero-order valence-electron chi connectivity index (χ0n) is 12.5. The van der Waals surface area contributed by atoms with Crippen molar-refractivity contribution in [1.82, 2.24) is 10.0 Å². The lowest BCUT2D eigenvalue weighted by Gasteiger charge is -2.23. The van der Waals surface area contributed by atoms with Crippen molar-refractivity contribution in [3.8, 4) is 0 Å². The number of aryl methyl sites for hydroxylation is 1. The number of amides is 1. The normalized spacial score (nSPS) is 22.2. The first-order chi connectivity index (χ1) is 9.78. The molecule has 21 heavy (non-hydrogen) atoms. The van der Waals surface area contributed by atoms with E-state index in [0.29, 0.717) is 5.69 Å². The summed E-state index contributed by atoms with van der Waals surface area (Å²) in [6, 6.07) is 4.69. The SMILES string of the molecule is CNS(=O)(=O)c1ccc(C)c(NC(=O)C2(C)CCCN2)c1. The fourth-order valence-corrected chi connectivity index (χ4v) is 3.13. The summed E-state index contributed by atoms with van der Waals surface area (Å²) in [6.07, 6.45) is 1.73. The summed E-state index contributed by atoms with van der Waals surface area (Å²) in [5.41, 5.74) is 0.746. The van der Waals surface area contributed by atoms with Crippen LogP contribution in [-0.4, -0.2) is 33.5 Å². The van der Waals surface area contributed by atoms with Gasteiger partial charge in [0.2, 0.25) is 15.9 Å².